The molecule has 0 aromatic heterocycles. The van der Waals surface area contributed by atoms with Crippen molar-refractivity contribution in [3.8, 4) is 6.07 Å². The molecule has 0 aliphatic carbocycles. The Morgan fingerprint density at radius 1 is 1.36 bits per heavy atom. The van der Waals surface area contributed by atoms with Gasteiger partial charge in [0.15, 0.2) is 0 Å². The molecule has 1 aromatic carbocycles. The second-order valence-electron chi connectivity index (χ2n) is 4.37. The zero-order valence-electron chi connectivity index (χ0n) is 8.96. The third-order valence-electron chi connectivity index (χ3n) is 2.21. The van der Waals surface area contributed by atoms with Crippen LogP contribution in [0.5, 0.6) is 0 Å². The standard InChI is InChI=1S/C13H15N/c1-5-10-6-7-12(13(2,3)4)11(8-10)9-14/h5-8H,1H2,2-4H3. The highest BCUT2D eigenvalue weighted by molar-refractivity contribution is 5.54. The largest absolute Gasteiger partial charge is 0.192 e. The number of benzene rings is 1. The first-order valence-electron chi connectivity index (χ1n) is 4.66. The van der Waals surface area contributed by atoms with E-state index >= 15 is 0 Å². The minimum Gasteiger partial charge on any atom is -0.192 e. The monoisotopic (exact) mass is 185 g/mol. The van der Waals surface area contributed by atoms with E-state index in [2.05, 4.69) is 33.4 Å². The van der Waals surface area contributed by atoms with Crippen LogP contribution in [0, 0.1) is 11.3 Å². The molecule has 0 amide bonds. The van der Waals surface area contributed by atoms with Crippen molar-refractivity contribution in [1.29, 1.82) is 5.26 Å². The molecular formula is C13H15N. The molecule has 0 unspecified atom stereocenters. The Kier molecular flexibility index (Phi) is 2.76. The fourth-order valence-corrected chi connectivity index (χ4v) is 1.44. The summed E-state index contributed by atoms with van der Waals surface area (Å²) in [4.78, 5) is 0. The molecule has 0 heterocycles. The molecule has 1 aromatic rings. The van der Waals surface area contributed by atoms with E-state index in [1.54, 1.807) is 6.08 Å². The number of nitrogens with zero attached hydrogens (tertiary/aromatic N) is 1. The van der Waals surface area contributed by atoms with Gasteiger partial charge in [0, 0.05) is 0 Å². The molecule has 0 aliphatic heterocycles. The second-order valence-corrected chi connectivity index (χ2v) is 4.37. The predicted molar refractivity (Wildman–Crippen MR) is 59.9 cm³/mol. The zero-order chi connectivity index (χ0) is 10.8. The summed E-state index contributed by atoms with van der Waals surface area (Å²) in [7, 11) is 0. The lowest BCUT2D eigenvalue weighted by Gasteiger charge is -2.20. The van der Waals surface area contributed by atoms with Crippen molar-refractivity contribution in [3.05, 3.63) is 41.5 Å². The molecule has 0 saturated carbocycles. The Morgan fingerprint density at radius 2 is 2.00 bits per heavy atom. The van der Waals surface area contributed by atoms with Gasteiger partial charge >= 0.3 is 0 Å². The maximum Gasteiger partial charge on any atom is 0.0994 e. The van der Waals surface area contributed by atoms with Crippen LogP contribution in [0.4, 0.5) is 0 Å². The normalized spacial score (nSPS) is 10.7. The fraction of sp³-hybridized carbons (Fsp3) is 0.308. The van der Waals surface area contributed by atoms with Crippen molar-refractivity contribution in [2.45, 2.75) is 26.2 Å². The number of hydrogen-bond donors (Lipinski definition) is 0. The van der Waals surface area contributed by atoms with Crippen molar-refractivity contribution < 1.29 is 0 Å². The third kappa shape index (κ3) is 2.03. The lowest BCUT2D eigenvalue weighted by molar-refractivity contribution is 0.588. The van der Waals surface area contributed by atoms with Gasteiger partial charge in [-0.2, -0.15) is 5.26 Å². The fourth-order valence-electron chi connectivity index (χ4n) is 1.44. The molecule has 0 bridgehead atoms. The van der Waals surface area contributed by atoms with Crippen LogP contribution in [0.2, 0.25) is 0 Å². The van der Waals surface area contributed by atoms with Gasteiger partial charge in [-0.25, -0.2) is 0 Å². The summed E-state index contributed by atoms with van der Waals surface area (Å²) in [5.74, 6) is 0. The molecule has 0 aliphatic rings. The molecule has 1 rings (SSSR count). The van der Waals surface area contributed by atoms with E-state index < -0.39 is 0 Å². The maximum atomic E-state index is 9.02. The predicted octanol–water partition coefficient (Wildman–Crippen LogP) is 3.50. The second kappa shape index (κ2) is 3.67. The van der Waals surface area contributed by atoms with Crippen molar-refractivity contribution in [1.82, 2.24) is 0 Å². The molecular weight excluding hydrogens is 170 g/mol. The SMILES string of the molecule is C=Cc1ccc(C(C)(C)C)c(C#N)c1. The van der Waals surface area contributed by atoms with Crippen LogP contribution >= 0.6 is 0 Å². The molecule has 72 valence electrons. The van der Waals surface area contributed by atoms with Gasteiger partial charge in [-0.15, -0.1) is 0 Å². The van der Waals surface area contributed by atoms with E-state index in [1.165, 1.54) is 0 Å². The molecule has 0 spiro atoms. The molecule has 1 nitrogen and oxygen atoms in total. The van der Waals surface area contributed by atoms with Crippen LogP contribution in [-0.2, 0) is 5.41 Å². The van der Waals surface area contributed by atoms with Gasteiger partial charge in [0.2, 0.25) is 0 Å². The van der Waals surface area contributed by atoms with E-state index in [0.29, 0.717) is 0 Å². The summed E-state index contributed by atoms with van der Waals surface area (Å²) < 4.78 is 0. The highest BCUT2D eigenvalue weighted by Gasteiger charge is 2.17. The number of hydrogen-bond acceptors (Lipinski definition) is 1. The van der Waals surface area contributed by atoms with Gasteiger partial charge in [-0.3, -0.25) is 0 Å². The molecule has 0 radical (unpaired) electrons. The van der Waals surface area contributed by atoms with E-state index in [4.69, 9.17) is 5.26 Å². The summed E-state index contributed by atoms with van der Waals surface area (Å²) in [6.45, 7) is 10.0. The summed E-state index contributed by atoms with van der Waals surface area (Å²) in [6, 6.07) is 8.12. The molecule has 1 heteroatoms. The first kappa shape index (κ1) is 10.5. The van der Waals surface area contributed by atoms with Crippen molar-refractivity contribution in [3.63, 3.8) is 0 Å². The highest BCUT2D eigenvalue weighted by Crippen LogP contribution is 2.26. The average molecular weight is 185 g/mol. The quantitative estimate of drug-likeness (QED) is 0.657. The number of nitriles is 1. The highest BCUT2D eigenvalue weighted by atomic mass is 14.3. The molecule has 14 heavy (non-hydrogen) atoms. The Hall–Kier alpha value is -1.55. The zero-order valence-corrected chi connectivity index (χ0v) is 8.96. The smallest absolute Gasteiger partial charge is 0.0994 e. The lowest BCUT2D eigenvalue weighted by atomic mass is 9.83. The topological polar surface area (TPSA) is 23.8 Å². The van der Waals surface area contributed by atoms with Crippen LogP contribution in [-0.4, -0.2) is 0 Å². The molecule has 0 saturated heterocycles. The average Bonchev–Trinajstić information content (AvgIpc) is 2.15. The van der Waals surface area contributed by atoms with Crippen LogP contribution in [0.15, 0.2) is 24.8 Å². The Labute approximate surface area is 85.7 Å². The van der Waals surface area contributed by atoms with E-state index in [-0.39, 0.29) is 5.41 Å². The molecule has 0 N–H and O–H groups in total. The maximum absolute atomic E-state index is 9.02. The van der Waals surface area contributed by atoms with Gasteiger partial charge in [-0.05, 0) is 22.6 Å². The summed E-state index contributed by atoms with van der Waals surface area (Å²) in [5, 5.41) is 9.02. The Balaban J connectivity index is 3.34. The Morgan fingerprint density at radius 3 is 2.43 bits per heavy atom. The minimum absolute atomic E-state index is 0.0186. The van der Waals surface area contributed by atoms with Gasteiger partial charge in [0.1, 0.15) is 0 Å². The first-order valence-corrected chi connectivity index (χ1v) is 4.66. The van der Waals surface area contributed by atoms with Crippen LogP contribution in [0.1, 0.15) is 37.5 Å². The van der Waals surface area contributed by atoms with Gasteiger partial charge < -0.3 is 0 Å². The summed E-state index contributed by atoms with van der Waals surface area (Å²) in [6.07, 6.45) is 1.76. The Bertz CT molecular complexity index is 389. The van der Waals surface area contributed by atoms with Gasteiger partial charge in [0.05, 0.1) is 11.6 Å². The van der Waals surface area contributed by atoms with Crippen LogP contribution in [0.25, 0.3) is 6.08 Å². The lowest BCUT2D eigenvalue weighted by Crippen LogP contribution is -2.13. The summed E-state index contributed by atoms with van der Waals surface area (Å²) in [5.41, 5.74) is 2.85. The van der Waals surface area contributed by atoms with Crippen LogP contribution < -0.4 is 0 Å². The first-order chi connectivity index (χ1) is 6.49. The van der Waals surface area contributed by atoms with E-state index in [1.807, 2.05) is 18.2 Å². The third-order valence-corrected chi connectivity index (χ3v) is 2.21. The van der Waals surface area contributed by atoms with Crippen molar-refractivity contribution in [2.24, 2.45) is 0 Å². The van der Waals surface area contributed by atoms with E-state index in [9.17, 15) is 0 Å². The summed E-state index contributed by atoms with van der Waals surface area (Å²) >= 11 is 0. The number of rotatable bonds is 1. The van der Waals surface area contributed by atoms with Crippen molar-refractivity contribution in [2.75, 3.05) is 0 Å². The van der Waals surface area contributed by atoms with Crippen molar-refractivity contribution >= 4 is 6.08 Å². The minimum atomic E-state index is 0.0186. The van der Waals surface area contributed by atoms with E-state index in [0.717, 1.165) is 16.7 Å². The molecule has 0 fully saturated rings. The van der Waals surface area contributed by atoms with Gasteiger partial charge in [-0.1, -0.05) is 45.6 Å². The molecule has 0 atom stereocenters. The van der Waals surface area contributed by atoms with Gasteiger partial charge in [0.25, 0.3) is 0 Å². The van der Waals surface area contributed by atoms with Crippen LogP contribution in [0.3, 0.4) is 0 Å².